The second-order valence-corrected chi connectivity index (χ2v) is 5.95. The van der Waals surface area contributed by atoms with E-state index >= 15 is 0 Å². The number of oxazole rings is 1. The molecule has 0 aliphatic carbocycles. The number of benzene rings is 1. The Hall–Kier alpha value is -1.85. The van der Waals surface area contributed by atoms with Gasteiger partial charge in [-0.1, -0.05) is 18.2 Å². The first-order valence-corrected chi connectivity index (χ1v) is 7.07. The fourth-order valence-electron chi connectivity index (χ4n) is 2.48. The maximum Gasteiger partial charge on any atom is 0.242 e. The summed E-state index contributed by atoms with van der Waals surface area (Å²) >= 11 is 0. The molecule has 0 atom stereocenters. The van der Waals surface area contributed by atoms with Crippen LogP contribution in [-0.4, -0.2) is 27.9 Å². The fraction of sp³-hybridized carbons (Fsp3) is 0.375. The number of nitrogens with zero attached hydrogens (tertiary/aromatic N) is 2. The van der Waals surface area contributed by atoms with Gasteiger partial charge in [0.25, 0.3) is 0 Å². The topological polar surface area (TPSA) is 72.4 Å². The van der Waals surface area contributed by atoms with Gasteiger partial charge >= 0.3 is 0 Å². The summed E-state index contributed by atoms with van der Waals surface area (Å²) in [6, 6.07) is 9.78. The van der Waals surface area contributed by atoms with Crippen molar-refractivity contribution < 1.29 is 9.21 Å². The number of fused-ring (bicyclic) bond motifs is 1. The van der Waals surface area contributed by atoms with Gasteiger partial charge in [0.05, 0.1) is 12.1 Å². The van der Waals surface area contributed by atoms with E-state index in [-0.39, 0.29) is 18.3 Å². The lowest BCUT2D eigenvalue weighted by molar-refractivity contribution is -0.136. The molecule has 0 fully saturated rings. The molecule has 2 aromatic rings. The predicted molar refractivity (Wildman–Crippen MR) is 86.6 cm³/mol. The van der Waals surface area contributed by atoms with E-state index in [0.29, 0.717) is 25.4 Å². The highest BCUT2D eigenvalue weighted by molar-refractivity contribution is 5.85. The lowest BCUT2D eigenvalue weighted by atomic mass is 10.0. The molecular formula is C16H20ClN3O2. The van der Waals surface area contributed by atoms with Crippen molar-refractivity contribution in [2.45, 2.75) is 32.4 Å². The van der Waals surface area contributed by atoms with Gasteiger partial charge in [0, 0.05) is 18.5 Å². The number of aromatic nitrogens is 1. The molecule has 1 aliphatic rings. The van der Waals surface area contributed by atoms with Gasteiger partial charge < -0.3 is 15.1 Å². The van der Waals surface area contributed by atoms with Gasteiger partial charge in [0.1, 0.15) is 11.5 Å². The molecule has 0 saturated carbocycles. The van der Waals surface area contributed by atoms with Crippen molar-refractivity contribution in [3.05, 3.63) is 41.8 Å². The maximum atomic E-state index is 12.2. The molecule has 1 aliphatic heterocycles. The van der Waals surface area contributed by atoms with E-state index in [0.717, 1.165) is 17.0 Å². The van der Waals surface area contributed by atoms with Crippen LogP contribution in [-0.2, 0) is 17.8 Å². The van der Waals surface area contributed by atoms with Gasteiger partial charge in [0.2, 0.25) is 11.8 Å². The van der Waals surface area contributed by atoms with Crippen molar-refractivity contribution in [1.29, 1.82) is 0 Å². The minimum atomic E-state index is -0.858. The molecule has 3 rings (SSSR count). The first-order valence-electron chi connectivity index (χ1n) is 7.07. The van der Waals surface area contributed by atoms with Gasteiger partial charge in [-0.05, 0) is 26.0 Å². The number of carbonyl (C=O) groups excluding carboxylic acids is 1. The zero-order valence-corrected chi connectivity index (χ0v) is 13.5. The Kier molecular flexibility index (Phi) is 4.58. The average molecular weight is 322 g/mol. The van der Waals surface area contributed by atoms with E-state index in [1.54, 1.807) is 18.7 Å². The van der Waals surface area contributed by atoms with E-state index in [2.05, 4.69) is 4.98 Å². The highest BCUT2D eigenvalue weighted by Gasteiger charge is 2.32. The molecule has 0 unspecified atom stereocenters. The Morgan fingerprint density at radius 3 is 2.64 bits per heavy atom. The summed E-state index contributed by atoms with van der Waals surface area (Å²) in [6.07, 6.45) is 0.678. The Balaban J connectivity index is 0.00000176. The van der Waals surface area contributed by atoms with Gasteiger partial charge in [-0.15, -0.1) is 12.4 Å². The molecule has 1 aromatic heterocycles. The standard InChI is InChI=1S/C16H19N3O2.ClH/c1-16(2,17)15(20)19-9-8-13-12(10-19)18-14(21-13)11-6-4-3-5-7-11;/h3-7H,8-10,17H2,1-2H3;1H. The number of halogens is 1. The molecule has 22 heavy (non-hydrogen) atoms. The highest BCUT2D eigenvalue weighted by atomic mass is 35.5. The third-order valence-corrected chi connectivity index (χ3v) is 3.59. The molecule has 1 amide bonds. The van der Waals surface area contributed by atoms with E-state index < -0.39 is 5.54 Å². The van der Waals surface area contributed by atoms with Crippen molar-refractivity contribution in [3.8, 4) is 11.5 Å². The lowest BCUT2D eigenvalue weighted by Crippen LogP contribution is -2.52. The molecule has 6 heteroatoms. The van der Waals surface area contributed by atoms with Gasteiger partial charge in [0.15, 0.2) is 0 Å². The van der Waals surface area contributed by atoms with E-state index in [1.807, 2.05) is 30.3 Å². The summed E-state index contributed by atoms with van der Waals surface area (Å²) < 4.78 is 5.83. The third kappa shape index (κ3) is 3.15. The maximum absolute atomic E-state index is 12.2. The molecule has 0 spiro atoms. The number of rotatable bonds is 2. The summed E-state index contributed by atoms with van der Waals surface area (Å²) in [6.45, 7) is 4.53. The average Bonchev–Trinajstić information content (AvgIpc) is 2.89. The van der Waals surface area contributed by atoms with Crippen molar-refractivity contribution in [2.24, 2.45) is 5.73 Å². The van der Waals surface area contributed by atoms with Crippen LogP contribution in [0.15, 0.2) is 34.7 Å². The quantitative estimate of drug-likeness (QED) is 0.921. The number of amides is 1. The number of nitrogens with two attached hydrogens (primary N) is 1. The first-order chi connectivity index (χ1) is 9.95. The molecule has 2 heterocycles. The van der Waals surface area contributed by atoms with Crippen LogP contribution in [0.3, 0.4) is 0 Å². The molecule has 0 radical (unpaired) electrons. The summed E-state index contributed by atoms with van der Waals surface area (Å²) in [5.74, 6) is 1.42. The minimum absolute atomic E-state index is 0. The summed E-state index contributed by atoms with van der Waals surface area (Å²) in [5.41, 5.74) is 6.81. The normalized spacial score (nSPS) is 14.2. The van der Waals surface area contributed by atoms with Crippen molar-refractivity contribution in [2.75, 3.05) is 6.54 Å². The highest BCUT2D eigenvalue weighted by Crippen LogP contribution is 2.26. The van der Waals surface area contributed by atoms with Crippen molar-refractivity contribution >= 4 is 18.3 Å². The fourth-order valence-corrected chi connectivity index (χ4v) is 2.48. The van der Waals surface area contributed by atoms with E-state index in [1.165, 1.54) is 0 Å². The summed E-state index contributed by atoms with van der Waals surface area (Å²) in [4.78, 5) is 18.5. The van der Waals surface area contributed by atoms with Crippen LogP contribution >= 0.6 is 12.4 Å². The molecule has 118 valence electrons. The number of carbonyl (C=O) groups is 1. The first kappa shape index (κ1) is 16.5. The second-order valence-electron chi connectivity index (χ2n) is 5.95. The molecule has 1 aromatic carbocycles. The van der Waals surface area contributed by atoms with Crippen LogP contribution in [0.25, 0.3) is 11.5 Å². The Morgan fingerprint density at radius 1 is 1.32 bits per heavy atom. The summed E-state index contributed by atoms with van der Waals surface area (Å²) in [5, 5.41) is 0. The molecular weight excluding hydrogens is 302 g/mol. The van der Waals surface area contributed by atoms with Crippen LogP contribution in [0.4, 0.5) is 0 Å². The molecule has 0 bridgehead atoms. The molecule has 2 N–H and O–H groups in total. The second kappa shape index (κ2) is 6.10. The van der Waals surface area contributed by atoms with Crippen LogP contribution < -0.4 is 5.73 Å². The Bertz CT molecular complexity index is 662. The lowest BCUT2D eigenvalue weighted by Gasteiger charge is -2.31. The van der Waals surface area contributed by atoms with Gasteiger partial charge in [-0.2, -0.15) is 0 Å². The van der Waals surface area contributed by atoms with Gasteiger partial charge in [-0.25, -0.2) is 4.98 Å². The monoisotopic (exact) mass is 321 g/mol. The number of hydrogen-bond acceptors (Lipinski definition) is 4. The van der Waals surface area contributed by atoms with Crippen LogP contribution in [0, 0.1) is 0 Å². The van der Waals surface area contributed by atoms with Crippen LogP contribution in [0.5, 0.6) is 0 Å². The Labute approximate surface area is 135 Å². The van der Waals surface area contributed by atoms with Gasteiger partial charge in [-0.3, -0.25) is 4.79 Å². The zero-order valence-electron chi connectivity index (χ0n) is 12.7. The SMILES string of the molecule is CC(C)(N)C(=O)N1CCc2oc(-c3ccccc3)nc2C1.Cl. The van der Waals surface area contributed by atoms with Crippen molar-refractivity contribution in [1.82, 2.24) is 9.88 Å². The number of hydrogen-bond donors (Lipinski definition) is 1. The molecule has 5 nitrogen and oxygen atoms in total. The summed E-state index contributed by atoms with van der Waals surface area (Å²) in [7, 11) is 0. The largest absolute Gasteiger partial charge is 0.441 e. The predicted octanol–water partition coefficient (Wildman–Crippen LogP) is 2.39. The van der Waals surface area contributed by atoms with E-state index in [4.69, 9.17) is 10.2 Å². The van der Waals surface area contributed by atoms with Crippen molar-refractivity contribution in [3.63, 3.8) is 0 Å². The minimum Gasteiger partial charge on any atom is -0.441 e. The molecule has 0 saturated heterocycles. The smallest absolute Gasteiger partial charge is 0.242 e. The van der Waals surface area contributed by atoms with Crippen LogP contribution in [0.1, 0.15) is 25.3 Å². The van der Waals surface area contributed by atoms with E-state index in [9.17, 15) is 4.79 Å². The Morgan fingerprint density at radius 2 is 2.00 bits per heavy atom. The zero-order chi connectivity index (χ0) is 15.0. The van der Waals surface area contributed by atoms with Crippen LogP contribution in [0.2, 0.25) is 0 Å². The third-order valence-electron chi connectivity index (χ3n) is 3.59.